The second kappa shape index (κ2) is 8.14. The topological polar surface area (TPSA) is 49.3 Å². The van der Waals surface area contributed by atoms with E-state index in [1.54, 1.807) is 11.8 Å². The van der Waals surface area contributed by atoms with E-state index < -0.39 is 12.0 Å². The number of hydrogen-bond acceptors (Lipinski definition) is 3. The minimum atomic E-state index is -0.757. The zero-order chi connectivity index (χ0) is 12.5. The molecule has 0 fully saturated rings. The number of rotatable bonds is 8. The molecule has 94 valence electrons. The van der Waals surface area contributed by atoms with Crippen molar-refractivity contribution >= 4 is 17.7 Å². The summed E-state index contributed by atoms with van der Waals surface area (Å²) in [6.45, 7) is 0.704. The first kappa shape index (κ1) is 14.1. The van der Waals surface area contributed by atoms with Crippen molar-refractivity contribution in [1.82, 2.24) is 5.32 Å². The molecule has 0 aliphatic heterocycles. The third kappa shape index (κ3) is 5.75. The zero-order valence-corrected chi connectivity index (χ0v) is 10.9. The molecular formula is C13H19NO2S. The summed E-state index contributed by atoms with van der Waals surface area (Å²) in [6.07, 6.45) is 3.53. The maximum atomic E-state index is 11.0. The van der Waals surface area contributed by atoms with Crippen LogP contribution in [0.5, 0.6) is 0 Å². The SMILES string of the molecule is CSCCC(NCCc1ccccc1)C(=O)O. The Balaban J connectivity index is 2.29. The molecule has 0 spiro atoms. The number of hydrogen-bond donors (Lipinski definition) is 2. The molecule has 0 radical (unpaired) electrons. The van der Waals surface area contributed by atoms with Crippen LogP contribution >= 0.6 is 11.8 Å². The second-order valence-corrected chi connectivity index (χ2v) is 4.85. The summed E-state index contributed by atoms with van der Waals surface area (Å²) in [5.41, 5.74) is 1.23. The van der Waals surface area contributed by atoms with E-state index in [4.69, 9.17) is 5.11 Å². The third-order valence-corrected chi connectivity index (χ3v) is 3.20. The van der Waals surface area contributed by atoms with Gasteiger partial charge in [-0.1, -0.05) is 30.3 Å². The molecule has 0 saturated heterocycles. The Morgan fingerprint density at radius 2 is 2.12 bits per heavy atom. The van der Waals surface area contributed by atoms with Crippen molar-refractivity contribution in [3.05, 3.63) is 35.9 Å². The first-order valence-electron chi connectivity index (χ1n) is 5.73. The normalized spacial score (nSPS) is 12.3. The maximum absolute atomic E-state index is 11.0. The Morgan fingerprint density at radius 1 is 1.41 bits per heavy atom. The number of carbonyl (C=O) groups is 1. The monoisotopic (exact) mass is 253 g/mol. The van der Waals surface area contributed by atoms with Gasteiger partial charge in [0.25, 0.3) is 0 Å². The van der Waals surface area contributed by atoms with Crippen LogP contribution < -0.4 is 5.32 Å². The fraction of sp³-hybridized carbons (Fsp3) is 0.462. The molecule has 0 saturated carbocycles. The Hall–Kier alpha value is -1.00. The van der Waals surface area contributed by atoms with Crippen molar-refractivity contribution in [2.24, 2.45) is 0 Å². The van der Waals surface area contributed by atoms with E-state index in [1.165, 1.54) is 5.56 Å². The Morgan fingerprint density at radius 3 is 2.71 bits per heavy atom. The van der Waals surface area contributed by atoms with Crippen LogP contribution in [0.3, 0.4) is 0 Å². The van der Waals surface area contributed by atoms with E-state index >= 15 is 0 Å². The van der Waals surface area contributed by atoms with E-state index in [0.717, 1.165) is 12.2 Å². The highest BCUT2D eigenvalue weighted by molar-refractivity contribution is 7.98. The predicted octanol–water partition coefficient (Wildman–Crippen LogP) is 2.02. The number of thioether (sulfide) groups is 1. The summed E-state index contributed by atoms with van der Waals surface area (Å²) >= 11 is 1.67. The minimum Gasteiger partial charge on any atom is -0.480 e. The third-order valence-electron chi connectivity index (χ3n) is 2.56. The number of nitrogens with one attached hydrogen (secondary N) is 1. The van der Waals surface area contributed by atoms with E-state index in [9.17, 15) is 4.79 Å². The van der Waals surface area contributed by atoms with Crippen LogP contribution in [0.1, 0.15) is 12.0 Å². The lowest BCUT2D eigenvalue weighted by molar-refractivity contribution is -0.139. The van der Waals surface area contributed by atoms with Gasteiger partial charge in [-0.3, -0.25) is 4.79 Å². The molecule has 0 amide bonds. The largest absolute Gasteiger partial charge is 0.480 e. The van der Waals surface area contributed by atoms with Gasteiger partial charge in [-0.05, 0) is 37.0 Å². The molecule has 0 bridgehead atoms. The minimum absolute atomic E-state index is 0.425. The molecule has 17 heavy (non-hydrogen) atoms. The Bertz CT molecular complexity index is 329. The first-order chi connectivity index (χ1) is 8.24. The molecule has 2 N–H and O–H groups in total. The highest BCUT2D eigenvalue weighted by Crippen LogP contribution is 2.02. The fourth-order valence-electron chi connectivity index (χ4n) is 1.58. The fourth-order valence-corrected chi connectivity index (χ4v) is 2.06. The van der Waals surface area contributed by atoms with Gasteiger partial charge in [0, 0.05) is 0 Å². The highest BCUT2D eigenvalue weighted by atomic mass is 32.2. The Labute approximate surface area is 107 Å². The summed E-state index contributed by atoms with van der Waals surface area (Å²) in [6, 6.07) is 9.66. The van der Waals surface area contributed by atoms with E-state index in [-0.39, 0.29) is 0 Å². The van der Waals surface area contributed by atoms with Crippen molar-refractivity contribution in [2.45, 2.75) is 18.9 Å². The molecule has 0 aliphatic carbocycles. The molecule has 0 aromatic heterocycles. The first-order valence-corrected chi connectivity index (χ1v) is 7.12. The molecule has 0 heterocycles. The van der Waals surface area contributed by atoms with Gasteiger partial charge in [0.2, 0.25) is 0 Å². The quantitative estimate of drug-likeness (QED) is 0.744. The van der Waals surface area contributed by atoms with Crippen molar-refractivity contribution in [3.8, 4) is 0 Å². The van der Waals surface area contributed by atoms with Crippen molar-refractivity contribution < 1.29 is 9.90 Å². The lowest BCUT2D eigenvalue weighted by Gasteiger charge is -2.13. The van der Waals surface area contributed by atoms with Gasteiger partial charge < -0.3 is 10.4 Å². The van der Waals surface area contributed by atoms with Crippen LogP contribution in [-0.2, 0) is 11.2 Å². The van der Waals surface area contributed by atoms with Crippen LogP contribution in [0.15, 0.2) is 30.3 Å². The average Bonchev–Trinajstić information content (AvgIpc) is 2.34. The van der Waals surface area contributed by atoms with E-state index in [1.807, 2.05) is 24.5 Å². The van der Waals surface area contributed by atoms with Gasteiger partial charge in [-0.25, -0.2) is 0 Å². The lowest BCUT2D eigenvalue weighted by atomic mass is 10.1. The van der Waals surface area contributed by atoms with E-state index in [0.29, 0.717) is 13.0 Å². The molecule has 4 heteroatoms. The van der Waals surface area contributed by atoms with Crippen LogP contribution in [-0.4, -0.2) is 35.7 Å². The summed E-state index contributed by atoms with van der Waals surface area (Å²) in [5, 5.41) is 12.1. The molecule has 1 unspecified atom stereocenters. The molecule has 1 aromatic rings. The molecule has 1 aromatic carbocycles. The van der Waals surface area contributed by atoms with Crippen molar-refractivity contribution in [2.75, 3.05) is 18.6 Å². The van der Waals surface area contributed by atoms with Crippen LogP contribution in [0.2, 0.25) is 0 Å². The molecular weight excluding hydrogens is 234 g/mol. The summed E-state index contributed by atoms with van der Waals surface area (Å²) < 4.78 is 0. The molecule has 1 rings (SSSR count). The molecule has 0 aliphatic rings. The molecule has 3 nitrogen and oxygen atoms in total. The Kier molecular flexibility index (Phi) is 6.74. The highest BCUT2D eigenvalue weighted by Gasteiger charge is 2.15. The van der Waals surface area contributed by atoms with Gasteiger partial charge >= 0.3 is 5.97 Å². The van der Waals surface area contributed by atoms with E-state index in [2.05, 4.69) is 17.4 Å². The zero-order valence-electron chi connectivity index (χ0n) is 10.1. The van der Waals surface area contributed by atoms with Crippen LogP contribution in [0, 0.1) is 0 Å². The van der Waals surface area contributed by atoms with Gasteiger partial charge in [0.05, 0.1) is 0 Å². The van der Waals surface area contributed by atoms with Gasteiger partial charge in [0.1, 0.15) is 6.04 Å². The van der Waals surface area contributed by atoms with Crippen LogP contribution in [0.25, 0.3) is 0 Å². The standard InChI is InChI=1S/C13H19NO2S/c1-17-10-8-12(13(15)16)14-9-7-11-5-3-2-4-6-11/h2-6,12,14H,7-10H2,1H3,(H,15,16). The summed E-state index contributed by atoms with van der Waals surface area (Å²) in [7, 11) is 0. The van der Waals surface area contributed by atoms with Gasteiger partial charge in [0.15, 0.2) is 0 Å². The number of carboxylic acid groups (broad SMARTS) is 1. The number of aliphatic carboxylic acids is 1. The van der Waals surface area contributed by atoms with Crippen molar-refractivity contribution in [1.29, 1.82) is 0 Å². The molecule has 1 atom stereocenters. The second-order valence-electron chi connectivity index (χ2n) is 3.86. The van der Waals surface area contributed by atoms with Gasteiger partial charge in [-0.2, -0.15) is 11.8 Å². The predicted molar refractivity (Wildman–Crippen MR) is 72.6 cm³/mol. The smallest absolute Gasteiger partial charge is 0.320 e. The lowest BCUT2D eigenvalue weighted by Crippen LogP contribution is -2.38. The van der Waals surface area contributed by atoms with Crippen LogP contribution in [0.4, 0.5) is 0 Å². The number of benzene rings is 1. The summed E-state index contributed by atoms with van der Waals surface area (Å²) in [4.78, 5) is 11.0. The number of carboxylic acids is 1. The van der Waals surface area contributed by atoms with Gasteiger partial charge in [-0.15, -0.1) is 0 Å². The summed E-state index contributed by atoms with van der Waals surface area (Å²) in [5.74, 6) is 0.113. The average molecular weight is 253 g/mol. The van der Waals surface area contributed by atoms with Crippen molar-refractivity contribution in [3.63, 3.8) is 0 Å². The maximum Gasteiger partial charge on any atom is 0.320 e.